The molecule has 0 rings (SSSR count). The summed E-state index contributed by atoms with van der Waals surface area (Å²) < 4.78 is 4.83. The van der Waals surface area contributed by atoms with Crippen LogP contribution in [-0.4, -0.2) is 18.0 Å². The smallest absolute Gasteiger partial charge is 0.324 e. The average molecular weight is 235 g/mol. The van der Waals surface area contributed by atoms with Crippen LogP contribution in [0.4, 0.5) is 0 Å². The zero-order valence-corrected chi connectivity index (χ0v) is 10.7. The molecule has 0 N–H and O–H groups in total. The Morgan fingerprint density at radius 1 is 1.13 bits per heavy atom. The fraction of sp³-hybridized carbons (Fsp3) is 0.917. The number of carbonyl (C=O) groups excluding carboxylic acids is 1. The Kier molecular flexibility index (Phi) is 10.1. The van der Waals surface area contributed by atoms with Crippen LogP contribution >= 0.6 is 11.6 Å². The molecule has 2 nitrogen and oxygen atoms in total. The third-order valence-electron chi connectivity index (χ3n) is 2.35. The van der Waals surface area contributed by atoms with E-state index in [1.807, 2.05) is 0 Å². The van der Waals surface area contributed by atoms with Gasteiger partial charge in [0.1, 0.15) is 5.38 Å². The van der Waals surface area contributed by atoms with E-state index in [1.54, 1.807) is 6.92 Å². The van der Waals surface area contributed by atoms with Crippen molar-refractivity contribution in [1.82, 2.24) is 0 Å². The SMILES string of the molecule is CCCCCCCCC(Cl)C(=O)OCC. The molecule has 0 aliphatic rings. The maximum atomic E-state index is 11.2. The van der Waals surface area contributed by atoms with Gasteiger partial charge in [-0.05, 0) is 13.3 Å². The number of carbonyl (C=O) groups is 1. The maximum Gasteiger partial charge on any atom is 0.324 e. The van der Waals surface area contributed by atoms with Crippen molar-refractivity contribution in [3.63, 3.8) is 0 Å². The first-order chi connectivity index (χ1) is 7.22. The van der Waals surface area contributed by atoms with Crippen molar-refractivity contribution in [2.75, 3.05) is 6.61 Å². The predicted molar refractivity (Wildman–Crippen MR) is 64.3 cm³/mol. The van der Waals surface area contributed by atoms with Crippen LogP contribution < -0.4 is 0 Å². The van der Waals surface area contributed by atoms with Gasteiger partial charge in [-0.2, -0.15) is 0 Å². The van der Waals surface area contributed by atoms with Crippen LogP contribution in [0.1, 0.15) is 58.8 Å². The molecule has 90 valence electrons. The number of rotatable bonds is 9. The van der Waals surface area contributed by atoms with Gasteiger partial charge in [-0.3, -0.25) is 4.79 Å². The normalized spacial score (nSPS) is 12.5. The molecule has 0 saturated carbocycles. The number of hydrogen-bond donors (Lipinski definition) is 0. The number of esters is 1. The van der Waals surface area contributed by atoms with E-state index in [2.05, 4.69) is 6.92 Å². The first-order valence-electron chi connectivity index (χ1n) is 6.03. The van der Waals surface area contributed by atoms with Gasteiger partial charge in [0.2, 0.25) is 0 Å². The van der Waals surface area contributed by atoms with Gasteiger partial charge >= 0.3 is 5.97 Å². The van der Waals surface area contributed by atoms with Crippen molar-refractivity contribution >= 4 is 17.6 Å². The lowest BCUT2D eigenvalue weighted by Crippen LogP contribution is -2.17. The first-order valence-corrected chi connectivity index (χ1v) is 6.46. The molecule has 0 bridgehead atoms. The Bertz CT molecular complexity index is 160. The molecule has 1 unspecified atom stereocenters. The van der Waals surface area contributed by atoms with E-state index in [0.29, 0.717) is 6.61 Å². The van der Waals surface area contributed by atoms with Gasteiger partial charge in [-0.1, -0.05) is 45.4 Å². The summed E-state index contributed by atoms with van der Waals surface area (Å²) >= 11 is 5.88. The third kappa shape index (κ3) is 8.73. The molecule has 0 heterocycles. The molecule has 0 aromatic rings. The topological polar surface area (TPSA) is 26.3 Å². The van der Waals surface area contributed by atoms with E-state index < -0.39 is 5.38 Å². The molecule has 1 atom stereocenters. The van der Waals surface area contributed by atoms with Gasteiger partial charge in [0.05, 0.1) is 6.61 Å². The van der Waals surface area contributed by atoms with E-state index in [0.717, 1.165) is 12.8 Å². The summed E-state index contributed by atoms with van der Waals surface area (Å²) in [6.45, 7) is 4.42. The molecule has 0 aromatic carbocycles. The zero-order valence-electron chi connectivity index (χ0n) is 9.93. The molecule has 0 radical (unpaired) electrons. The van der Waals surface area contributed by atoms with Crippen molar-refractivity contribution in [3.8, 4) is 0 Å². The summed E-state index contributed by atoms with van der Waals surface area (Å²) in [5.74, 6) is -0.271. The number of unbranched alkanes of at least 4 members (excludes halogenated alkanes) is 5. The van der Waals surface area contributed by atoms with Gasteiger partial charge in [0.25, 0.3) is 0 Å². The minimum Gasteiger partial charge on any atom is -0.465 e. The highest BCUT2D eigenvalue weighted by Gasteiger charge is 2.15. The summed E-state index contributed by atoms with van der Waals surface area (Å²) in [6, 6.07) is 0. The predicted octanol–water partition coefficient (Wildman–Crippen LogP) is 3.91. The fourth-order valence-electron chi connectivity index (χ4n) is 1.45. The lowest BCUT2D eigenvalue weighted by atomic mass is 10.1. The molecule has 0 fully saturated rings. The number of halogens is 1. The molecular weight excluding hydrogens is 212 g/mol. The molecular formula is C12H23ClO2. The second kappa shape index (κ2) is 10.3. The zero-order chi connectivity index (χ0) is 11.5. The van der Waals surface area contributed by atoms with Gasteiger partial charge in [-0.15, -0.1) is 11.6 Å². The van der Waals surface area contributed by atoms with Gasteiger partial charge in [-0.25, -0.2) is 0 Å². The number of hydrogen-bond acceptors (Lipinski definition) is 2. The Balaban J connectivity index is 3.30. The highest BCUT2D eigenvalue weighted by Crippen LogP contribution is 2.12. The Labute approximate surface area is 98.3 Å². The second-order valence-corrected chi connectivity index (χ2v) is 4.30. The summed E-state index contributed by atoms with van der Waals surface area (Å²) in [4.78, 5) is 11.2. The first kappa shape index (κ1) is 14.8. The van der Waals surface area contributed by atoms with Crippen LogP contribution in [0.15, 0.2) is 0 Å². The van der Waals surface area contributed by atoms with E-state index in [1.165, 1.54) is 32.1 Å². The number of alkyl halides is 1. The second-order valence-electron chi connectivity index (χ2n) is 3.78. The van der Waals surface area contributed by atoms with Crippen molar-refractivity contribution in [1.29, 1.82) is 0 Å². The van der Waals surface area contributed by atoms with E-state index in [-0.39, 0.29) is 5.97 Å². The quantitative estimate of drug-likeness (QED) is 0.344. The van der Waals surface area contributed by atoms with Gasteiger partial charge < -0.3 is 4.74 Å². The molecule has 0 amide bonds. The third-order valence-corrected chi connectivity index (χ3v) is 2.75. The monoisotopic (exact) mass is 234 g/mol. The summed E-state index contributed by atoms with van der Waals surface area (Å²) in [5.41, 5.74) is 0. The largest absolute Gasteiger partial charge is 0.465 e. The number of ether oxygens (including phenoxy) is 1. The average Bonchev–Trinajstić information content (AvgIpc) is 2.23. The van der Waals surface area contributed by atoms with Crippen LogP contribution in [0.25, 0.3) is 0 Å². The molecule has 3 heteroatoms. The van der Waals surface area contributed by atoms with Crippen LogP contribution in [0.2, 0.25) is 0 Å². The van der Waals surface area contributed by atoms with Crippen LogP contribution in [0.5, 0.6) is 0 Å². The van der Waals surface area contributed by atoms with E-state index in [4.69, 9.17) is 16.3 Å². The summed E-state index contributed by atoms with van der Waals surface area (Å²) in [6.07, 6.45) is 8.05. The lowest BCUT2D eigenvalue weighted by Gasteiger charge is -2.07. The van der Waals surface area contributed by atoms with Crippen LogP contribution in [0.3, 0.4) is 0 Å². The van der Waals surface area contributed by atoms with Crippen molar-refractivity contribution < 1.29 is 9.53 Å². The minimum atomic E-state index is -0.448. The molecule has 0 aliphatic carbocycles. The van der Waals surface area contributed by atoms with Crippen LogP contribution in [0, 0.1) is 0 Å². The standard InChI is InChI=1S/C12H23ClO2/c1-3-5-6-7-8-9-10-11(13)12(14)15-4-2/h11H,3-10H2,1-2H3. The Hall–Kier alpha value is -0.240. The van der Waals surface area contributed by atoms with Gasteiger partial charge in [0.15, 0.2) is 0 Å². The Morgan fingerprint density at radius 2 is 1.73 bits per heavy atom. The highest BCUT2D eigenvalue weighted by atomic mass is 35.5. The highest BCUT2D eigenvalue weighted by molar-refractivity contribution is 6.29. The van der Waals surface area contributed by atoms with E-state index >= 15 is 0 Å². The fourth-order valence-corrected chi connectivity index (χ4v) is 1.67. The molecule has 0 aromatic heterocycles. The van der Waals surface area contributed by atoms with Crippen molar-refractivity contribution in [2.45, 2.75) is 64.2 Å². The minimum absolute atomic E-state index is 0.271. The maximum absolute atomic E-state index is 11.2. The van der Waals surface area contributed by atoms with Crippen molar-refractivity contribution in [2.24, 2.45) is 0 Å². The molecule has 0 aliphatic heterocycles. The molecule has 0 saturated heterocycles. The lowest BCUT2D eigenvalue weighted by molar-refractivity contribution is -0.142. The Morgan fingerprint density at radius 3 is 2.33 bits per heavy atom. The summed E-state index contributed by atoms with van der Waals surface area (Å²) in [7, 11) is 0. The van der Waals surface area contributed by atoms with E-state index in [9.17, 15) is 4.79 Å². The molecule has 15 heavy (non-hydrogen) atoms. The van der Waals surface area contributed by atoms with Crippen LogP contribution in [-0.2, 0) is 9.53 Å². The summed E-state index contributed by atoms with van der Waals surface area (Å²) in [5, 5.41) is -0.448. The van der Waals surface area contributed by atoms with Crippen molar-refractivity contribution in [3.05, 3.63) is 0 Å². The van der Waals surface area contributed by atoms with Gasteiger partial charge in [0, 0.05) is 0 Å². The molecule has 0 spiro atoms.